The van der Waals surface area contributed by atoms with Crippen molar-refractivity contribution in [1.82, 2.24) is 9.97 Å². The summed E-state index contributed by atoms with van der Waals surface area (Å²) in [5.74, 6) is -1.41. The number of nitro groups is 1. The van der Waals surface area contributed by atoms with Gasteiger partial charge in [0.05, 0.1) is 15.5 Å². The zero-order valence-electron chi connectivity index (χ0n) is 8.75. The fourth-order valence-corrected chi connectivity index (χ4v) is 1.71. The number of hydrogen-bond donors (Lipinski definition) is 1. The number of alkyl halides is 3. The Morgan fingerprint density at radius 2 is 2.16 bits per heavy atom. The maximum Gasteiger partial charge on any atom is 0.449 e. The Balaban J connectivity index is 2.90. The number of H-pyrrole nitrogens is 1. The largest absolute Gasteiger partial charge is 0.449 e. The smallest absolute Gasteiger partial charge is 0.329 e. The molecule has 0 aliphatic heterocycles. The van der Waals surface area contributed by atoms with E-state index in [0.717, 1.165) is 6.07 Å². The van der Waals surface area contributed by atoms with Crippen LogP contribution >= 0.6 is 11.6 Å². The summed E-state index contributed by atoms with van der Waals surface area (Å²) in [6, 6.07) is 2.35. The second kappa shape index (κ2) is 4.10. The number of aromatic nitrogens is 2. The minimum Gasteiger partial charge on any atom is -0.329 e. The third-order valence-corrected chi connectivity index (χ3v) is 2.65. The molecule has 0 amide bonds. The summed E-state index contributed by atoms with van der Waals surface area (Å²) in [5.41, 5.74) is -1.94. The Bertz CT molecular complexity index is 732. The van der Waals surface area contributed by atoms with Gasteiger partial charge in [-0.25, -0.2) is 4.98 Å². The molecular formula is C9H2ClF3N4O2. The number of rotatable bonds is 1. The number of nitrogens with one attached hydrogen (secondary N) is 1. The minimum atomic E-state index is -4.80. The third-order valence-electron chi connectivity index (χ3n) is 2.27. The molecule has 1 N–H and O–H groups in total. The molecule has 1 aromatic carbocycles. The van der Waals surface area contributed by atoms with Crippen LogP contribution in [0.15, 0.2) is 6.07 Å². The average Bonchev–Trinajstić information content (AvgIpc) is 2.74. The Hall–Kier alpha value is -2.34. The van der Waals surface area contributed by atoms with Crippen molar-refractivity contribution in [2.75, 3.05) is 0 Å². The van der Waals surface area contributed by atoms with E-state index in [0.29, 0.717) is 0 Å². The molecule has 0 aliphatic rings. The minimum absolute atomic E-state index is 0.318. The first-order valence-electron chi connectivity index (χ1n) is 4.59. The van der Waals surface area contributed by atoms with Gasteiger partial charge >= 0.3 is 6.18 Å². The highest BCUT2D eigenvalue weighted by Gasteiger charge is 2.36. The van der Waals surface area contributed by atoms with Crippen LogP contribution in [0, 0.1) is 21.4 Å². The van der Waals surface area contributed by atoms with Crippen LogP contribution in [0.3, 0.4) is 0 Å². The van der Waals surface area contributed by atoms with Gasteiger partial charge in [0, 0.05) is 6.07 Å². The second-order valence-corrected chi connectivity index (χ2v) is 3.81. The molecule has 0 radical (unpaired) electrons. The number of imidazole rings is 1. The van der Waals surface area contributed by atoms with E-state index in [1.807, 2.05) is 0 Å². The molecule has 0 fully saturated rings. The van der Waals surface area contributed by atoms with Crippen LogP contribution in [0.1, 0.15) is 11.4 Å². The summed E-state index contributed by atoms with van der Waals surface area (Å²) in [6.07, 6.45) is -4.80. The predicted molar refractivity (Wildman–Crippen MR) is 57.5 cm³/mol. The van der Waals surface area contributed by atoms with E-state index < -0.39 is 33.6 Å². The Labute approximate surface area is 107 Å². The molecule has 0 bridgehead atoms. The molecular weight excluding hydrogens is 289 g/mol. The molecule has 19 heavy (non-hydrogen) atoms. The van der Waals surface area contributed by atoms with Gasteiger partial charge in [0.25, 0.3) is 5.69 Å². The predicted octanol–water partition coefficient (Wildman–Crippen LogP) is 3.01. The molecule has 2 rings (SSSR count). The monoisotopic (exact) mass is 290 g/mol. The molecule has 10 heteroatoms. The highest BCUT2D eigenvalue weighted by Crippen LogP contribution is 2.36. The van der Waals surface area contributed by atoms with Crippen molar-refractivity contribution < 1.29 is 18.1 Å². The van der Waals surface area contributed by atoms with Gasteiger partial charge in [-0.2, -0.15) is 18.4 Å². The van der Waals surface area contributed by atoms with Crippen LogP contribution in [0.2, 0.25) is 5.02 Å². The van der Waals surface area contributed by atoms with Crippen LogP contribution in [-0.4, -0.2) is 14.9 Å². The van der Waals surface area contributed by atoms with Crippen LogP contribution in [0.5, 0.6) is 0 Å². The number of nitrogens with zero attached hydrogens (tertiary/aromatic N) is 3. The van der Waals surface area contributed by atoms with Gasteiger partial charge in [-0.3, -0.25) is 10.1 Å². The van der Waals surface area contributed by atoms with Gasteiger partial charge in [-0.1, -0.05) is 11.6 Å². The number of non-ortho nitro benzene ring substituents is 1. The van der Waals surface area contributed by atoms with Crippen LogP contribution in [0.4, 0.5) is 18.9 Å². The number of fused-ring (bicyclic) bond motifs is 1. The Kier molecular flexibility index (Phi) is 2.83. The molecule has 2 aromatic rings. The van der Waals surface area contributed by atoms with E-state index in [2.05, 4.69) is 4.98 Å². The molecule has 1 aromatic heterocycles. The van der Waals surface area contributed by atoms with Gasteiger partial charge in [-0.05, 0) is 0 Å². The van der Waals surface area contributed by atoms with Crippen molar-refractivity contribution in [2.45, 2.75) is 6.18 Å². The number of halogens is 4. The molecule has 0 saturated heterocycles. The first-order chi connectivity index (χ1) is 8.75. The van der Waals surface area contributed by atoms with Crippen molar-refractivity contribution in [3.8, 4) is 6.07 Å². The summed E-state index contributed by atoms with van der Waals surface area (Å²) < 4.78 is 37.5. The van der Waals surface area contributed by atoms with Crippen LogP contribution in [-0.2, 0) is 6.18 Å². The Morgan fingerprint density at radius 1 is 1.53 bits per heavy atom. The molecule has 0 aliphatic carbocycles. The average molecular weight is 291 g/mol. The Morgan fingerprint density at radius 3 is 2.63 bits per heavy atom. The fraction of sp³-hybridized carbons (Fsp3) is 0.111. The summed E-state index contributed by atoms with van der Waals surface area (Å²) >= 11 is 5.69. The lowest BCUT2D eigenvalue weighted by molar-refractivity contribution is -0.383. The standard InChI is InChI=1S/C9H2ClF3N4O2/c10-5-3(2-14)1-4(17(18)19)6-7(5)16-8(15-6)9(11,12)13/h1H,(H,15,16). The third kappa shape index (κ3) is 2.06. The van der Waals surface area contributed by atoms with Crippen molar-refractivity contribution in [3.63, 3.8) is 0 Å². The van der Waals surface area contributed by atoms with E-state index in [1.165, 1.54) is 0 Å². The number of nitriles is 1. The van der Waals surface area contributed by atoms with E-state index in [-0.39, 0.29) is 10.6 Å². The number of aromatic amines is 1. The van der Waals surface area contributed by atoms with Gasteiger partial charge in [0.15, 0.2) is 0 Å². The van der Waals surface area contributed by atoms with Gasteiger partial charge in [-0.15, -0.1) is 0 Å². The summed E-state index contributed by atoms with van der Waals surface area (Å²) in [7, 11) is 0. The summed E-state index contributed by atoms with van der Waals surface area (Å²) in [5, 5.41) is 19.1. The molecule has 0 saturated carbocycles. The maximum atomic E-state index is 12.5. The van der Waals surface area contributed by atoms with E-state index in [4.69, 9.17) is 16.9 Å². The lowest BCUT2D eigenvalue weighted by Gasteiger charge is -1.99. The second-order valence-electron chi connectivity index (χ2n) is 3.43. The van der Waals surface area contributed by atoms with Gasteiger partial charge < -0.3 is 4.98 Å². The highest BCUT2D eigenvalue weighted by molar-refractivity contribution is 6.36. The zero-order valence-corrected chi connectivity index (χ0v) is 9.50. The lowest BCUT2D eigenvalue weighted by atomic mass is 10.2. The molecule has 0 unspecified atom stereocenters. The van der Waals surface area contributed by atoms with Gasteiger partial charge in [0.1, 0.15) is 17.1 Å². The zero-order chi connectivity index (χ0) is 14.4. The normalized spacial score (nSPS) is 11.5. The molecule has 1 heterocycles. The van der Waals surface area contributed by atoms with E-state index in [9.17, 15) is 23.3 Å². The molecule has 6 nitrogen and oxygen atoms in total. The van der Waals surface area contributed by atoms with Crippen molar-refractivity contribution in [1.29, 1.82) is 5.26 Å². The number of nitro benzene ring substituents is 1. The van der Waals surface area contributed by atoms with Crippen molar-refractivity contribution >= 4 is 28.3 Å². The van der Waals surface area contributed by atoms with E-state index in [1.54, 1.807) is 11.1 Å². The first kappa shape index (κ1) is 13.1. The highest BCUT2D eigenvalue weighted by atomic mass is 35.5. The number of benzene rings is 1. The van der Waals surface area contributed by atoms with Crippen molar-refractivity contribution in [3.05, 3.63) is 32.6 Å². The quantitative estimate of drug-likeness (QED) is 0.645. The fourth-order valence-electron chi connectivity index (χ4n) is 1.48. The van der Waals surface area contributed by atoms with Crippen LogP contribution < -0.4 is 0 Å². The molecule has 98 valence electrons. The van der Waals surface area contributed by atoms with E-state index >= 15 is 0 Å². The topological polar surface area (TPSA) is 95.6 Å². The number of hydrogen-bond acceptors (Lipinski definition) is 4. The lowest BCUT2D eigenvalue weighted by Crippen LogP contribution is -2.06. The molecule has 0 spiro atoms. The first-order valence-corrected chi connectivity index (χ1v) is 4.97. The van der Waals surface area contributed by atoms with Crippen LogP contribution in [0.25, 0.3) is 11.0 Å². The summed E-state index contributed by atoms with van der Waals surface area (Å²) in [4.78, 5) is 14.8. The maximum absolute atomic E-state index is 12.5. The SMILES string of the molecule is N#Cc1cc([N+](=O)[O-])c2[nH]c(C(F)(F)F)nc2c1Cl. The van der Waals surface area contributed by atoms with Crippen molar-refractivity contribution in [2.24, 2.45) is 0 Å². The molecule has 0 atom stereocenters. The summed E-state index contributed by atoms with van der Waals surface area (Å²) in [6.45, 7) is 0. The van der Waals surface area contributed by atoms with Gasteiger partial charge in [0.2, 0.25) is 5.82 Å².